The van der Waals surface area contributed by atoms with Gasteiger partial charge in [0.05, 0.1) is 0 Å². The number of benzene rings is 2. The summed E-state index contributed by atoms with van der Waals surface area (Å²) in [4.78, 5) is 0. The van der Waals surface area contributed by atoms with Gasteiger partial charge in [0.25, 0.3) is 0 Å². The molecule has 2 aromatic carbocycles. The molecule has 0 saturated carbocycles. The van der Waals surface area contributed by atoms with Gasteiger partial charge in [0.15, 0.2) is 0 Å². The van der Waals surface area contributed by atoms with Crippen molar-refractivity contribution >= 4 is 0 Å². The molecule has 3 rings (SSSR count). The predicted molar refractivity (Wildman–Crippen MR) is 74.2 cm³/mol. The minimum Gasteiger partial charge on any atom is -0.485 e. The molecule has 0 aromatic heterocycles. The summed E-state index contributed by atoms with van der Waals surface area (Å²) >= 11 is 0. The minimum absolute atomic E-state index is 0.182. The fourth-order valence-corrected chi connectivity index (χ4v) is 2.69. The van der Waals surface area contributed by atoms with Crippen molar-refractivity contribution in [2.24, 2.45) is 0 Å². The number of hydrogen-bond donors (Lipinski definition) is 0. The molecule has 0 N–H and O–H groups in total. The molecule has 1 unspecified atom stereocenters. The van der Waals surface area contributed by atoms with E-state index < -0.39 is 0 Å². The number of ether oxygens (including phenoxy) is 1. The van der Waals surface area contributed by atoms with Crippen molar-refractivity contribution in [1.29, 1.82) is 0 Å². The van der Waals surface area contributed by atoms with Crippen molar-refractivity contribution in [2.45, 2.75) is 33.3 Å². The van der Waals surface area contributed by atoms with Crippen LogP contribution in [0.2, 0.25) is 0 Å². The summed E-state index contributed by atoms with van der Waals surface area (Å²) in [6, 6.07) is 12.7. The van der Waals surface area contributed by atoms with Crippen LogP contribution < -0.4 is 4.74 Å². The molecule has 0 bridgehead atoms. The highest BCUT2D eigenvalue weighted by Crippen LogP contribution is 2.40. The van der Waals surface area contributed by atoms with E-state index in [1.807, 2.05) is 6.07 Å². The number of hydrogen-bond acceptors (Lipinski definition) is 1. The highest BCUT2D eigenvalue weighted by Gasteiger charge is 2.26. The van der Waals surface area contributed by atoms with E-state index in [0.29, 0.717) is 0 Å². The average molecular weight is 238 g/mol. The van der Waals surface area contributed by atoms with Gasteiger partial charge in [0.2, 0.25) is 0 Å². The van der Waals surface area contributed by atoms with Gasteiger partial charge in [-0.15, -0.1) is 0 Å². The normalized spacial score (nSPS) is 17.4. The quantitative estimate of drug-likeness (QED) is 0.720. The Labute approximate surface area is 108 Å². The van der Waals surface area contributed by atoms with Gasteiger partial charge in [-0.3, -0.25) is 0 Å². The summed E-state index contributed by atoms with van der Waals surface area (Å²) in [5.41, 5.74) is 6.75. The van der Waals surface area contributed by atoms with Gasteiger partial charge < -0.3 is 4.74 Å². The first kappa shape index (κ1) is 11.3. The average Bonchev–Trinajstić information content (AvgIpc) is 2.81. The molecule has 0 spiro atoms. The Hall–Kier alpha value is -1.76. The van der Waals surface area contributed by atoms with Crippen LogP contribution in [0.15, 0.2) is 36.4 Å². The minimum atomic E-state index is 0.182. The molecule has 18 heavy (non-hydrogen) atoms. The molecule has 1 atom stereocenters. The van der Waals surface area contributed by atoms with E-state index in [-0.39, 0.29) is 6.10 Å². The lowest BCUT2D eigenvalue weighted by Gasteiger charge is -2.10. The molecule has 0 radical (unpaired) electrons. The van der Waals surface area contributed by atoms with Gasteiger partial charge in [0.1, 0.15) is 11.9 Å². The van der Waals surface area contributed by atoms with E-state index in [0.717, 1.165) is 12.2 Å². The third-order valence-corrected chi connectivity index (χ3v) is 4.08. The van der Waals surface area contributed by atoms with Gasteiger partial charge in [-0.05, 0) is 49.1 Å². The Morgan fingerprint density at radius 2 is 1.72 bits per heavy atom. The van der Waals surface area contributed by atoms with Crippen molar-refractivity contribution < 1.29 is 4.74 Å². The Bertz CT molecular complexity index is 584. The Morgan fingerprint density at radius 1 is 1.00 bits per heavy atom. The fraction of sp³-hybridized carbons (Fsp3) is 0.294. The maximum Gasteiger partial charge on any atom is 0.128 e. The van der Waals surface area contributed by atoms with Crippen LogP contribution in [-0.2, 0) is 6.42 Å². The highest BCUT2D eigenvalue weighted by molar-refractivity contribution is 5.51. The lowest BCUT2D eigenvalue weighted by atomic mass is 9.95. The smallest absolute Gasteiger partial charge is 0.128 e. The summed E-state index contributed by atoms with van der Waals surface area (Å²) < 4.78 is 6.11. The van der Waals surface area contributed by atoms with Crippen LogP contribution in [0.3, 0.4) is 0 Å². The predicted octanol–water partition coefficient (Wildman–Crippen LogP) is 4.29. The first-order valence-electron chi connectivity index (χ1n) is 6.48. The van der Waals surface area contributed by atoms with Gasteiger partial charge in [-0.1, -0.05) is 30.3 Å². The van der Waals surface area contributed by atoms with Crippen LogP contribution >= 0.6 is 0 Å². The number of fused-ring (bicyclic) bond motifs is 1. The van der Waals surface area contributed by atoms with E-state index in [4.69, 9.17) is 4.74 Å². The van der Waals surface area contributed by atoms with E-state index >= 15 is 0 Å². The van der Waals surface area contributed by atoms with Crippen LogP contribution in [0, 0.1) is 20.8 Å². The van der Waals surface area contributed by atoms with Gasteiger partial charge in [0, 0.05) is 12.0 Å². The zero-order valence-electron chi connectivity index (χ0n) is 11.2. The maximum absolute atomic E-state index is 6.11. The standard InChI is InChI=1S/C17H18O/c1-11-9-17-15(13(3)12(11)2)10-16(18-17)14-7-5-4-6-8-14/h4-9,16H,10H2,1-3H3. The summed E-state index contributed by atoms with van der Waals surface area (Å²) in [5.74, 6) is 1.07. The van der Waals surface area contributed by atoms with Crippen LogP contribution in [0.1, 0.15) is 33.9 Å². The number of rotatable bonds is 1. The summed E-state index contributed by atoms with van der Waals surface area (Å²) in [6.45, 7) is 6.56. The molecule has 1 heteroatoms. The second-order valence-corrected chi connectivity index (χ2v) is 5.14. The van der Waals surface area contributed by atoms with Crippen molar-refractivity contribution in [1.82, 2.24) is 0 Å². The van der Waals surface area contributed by atoms with Crippen molar-refractivity contribution in [3.63, 3.8) is 0 Å². The molecule has 0 aliphatic carbocycles. The Balaban J connectivity index is 1.99. The van der Waals surface area contributed by atoms with E-state index in [9.17, 15) is 0 Å². The lowest BCUT2D eigenvalue weighted by molar-refractivity contribution is 0.238. The van der Waals surface area contributed by atoms with Crippen LogP contribution in [0.25, 0.3) is 0 Å². The summed E-state index contributed by atoms with van der Waals surface area (Å²) in [7, 11) is 0. The van der Waals surface area contributed by atoms with E-state index in [1.54, 1.807) is 0 Å². The molecule has 2 aromatic rings. The molecule has 0 saturated heterocycles. The molecule has 92 valence electrons. The SMILES string of the molecule is Cc1cc2c(c(C)c1C)CC(c1ccccc1)O2. The van der Waals surface area contributed by atoms with Crippen molar-refractivity contribution in [2.75, 3.05) is 0 Å². The molecular formula is C17H18O. The molecule has 0 amide bonds. The summed E-state index contributed by atoms with van der Waals surface area (Å²) in [6.07, 6.45) is 1.17. The second kappa shape index (κ2) is 4.16. The zero-order valence-corrected chi connectivity index (χ0v) is 11.2. The molecule has 1 heterocycles. The lowest BCUT2D eigenvalue weighted by Crippen LogP contribution is -2.02. The number of aryl methyl sites for hydroxylation is 1. The third kappa shape index (κ3) is 1.71. The van der Waals surface area contributed by atoms with Crippen molar-refractivity contribution in [3.8, 4) is 5.75 Å². The van der Waals surface area contributed by atoms with E-state index in [2.05, 4.69) is 51.1 Å². The molecule has 1 aliphatic heterocycles. The van der Waals surface area contributed by atoms with Crippen LogP contribution in [-0.4, -0.2) is 0 Å². The van der Waals surface area contributed by atoms with Crippen LogP contribution in [0.4, 0.5) is 0 Å². The fourth-order valence-electron chi connectivity index (χ4n) is 2.69. The van der Waals surface area contributed by atoms with Gasteiger partial charge in [-0.2, -0.15) is 0 Å². The van der Waals surface area contributed by atoms with Gasteiger partial charge >= 0.3 is 0 Å². The molecule has 1 nitrogen and oxygen atoms in total. The maximum atomic E-state index is 6.11. The largest absolute Gasteiger partial charge is 0.485 e. The molecular weight excluding hydrogens is 220 g/mol. The summed E-state index contributed by atoms with van der Waals surface area (Å²) in [5, 5.41) is 0. The zero-order chi connectivity index (χ0) is 12.7. The second-order valence-electron chi connectivity index (χ2n) is 5.14. The third-order valence-electron chi connectivity index (χ3n) is 4.08. The Kier molecular flexibility index (Phi) is 2.62. The highest BCUT2D eigenvalue weighted by atomic mass is 16.5. The van der Waals surface area contributed by atoms with Gasteiger partial charge in [-0.25, -0.2) is 0 Å². The monoisotopic (exact) mass is 238 g/mol. The first-order valence-corrected chi connectivity index (χ1v) is 6.48. The molecule has 0 fully saturated rings. The van der Waals surface area contributed by atoms with Crippen LogP contribution in [0.5, 0.6) is 5.75 Å². The van der Waals surface area contributed by atoms with Crippen molar-refractivity contribution in [3.05, 3.63) is 64.2 Å². The Morgan fingerprint density at radius 3 is 2.44 bits per heavy atom. The first-order chi connectivity index (χ1) is 8.66. The molecule has 1 aliphatic rings. The topological polar surface area (TPSA) is 9.23 Å². The van der Waals surface area contributed by atoms with E-state index in [1.165, 1.54) is 27.8 Å².